The van der Waals surface area contributed by atoms with Crippen LogP contribution in [0.2, 0.25) is 0 Å². The van der Waals surface area contributed by atoms with E-state index in [4.69, 9.17) is 9.47 Å². The molecule has 5 heteroatoms. The van der Waals surface area contributed by atoms with Crippen molar-refractivity contribution in [3.63, 3.8) is 0 Å². The Morgan fingerprint density at radius 2 is 0.956 bits per heavy atom. The van der Waals surface area contributed by atoms with E-state index >= 15 is 0 Å². The molecular weight excluding hydrogens is 560 g/mol. The lowest BCUT2D eigenvalue weighted by molar-refractivity contribution is -0.161. The summed E-state index contributed by atoms with van der Waals surface area (Å²) in [6.07, 6.45) is 45.7. The Balaban J connectivity index is 3.59. The molecule has 0 saturated heterocycles. The van der Waals surface area contributed by atoms with Crippen molar-refractivity contribution >= 4 is 11.9 Å². The SMILES string of the molecule is CC/C=C\C/C=C\C/C=C\C/C=C\CCCCCCCCCCC(=O)OC(CO)COC(=O)CCCCCCC/C=C\CCC. The molecule has 0 fully saturated rings. The molecule has 0 aromatic rings. The number of hydrogen-bond acceptors (Lipinski definition) is 5. The first-order chi connectivity index (χ1) is 22.1. The summed E-state index contributed by atoms with van der Waals surface area (Å²) in [5.41, 5.74) is 0. The minimum absolute atomic E-state index is 0.0759. The first kappa shape index (κ1) is 42.6. The van der Waals surface area contributed by atoms with E-state index in [0.717, 1.165) is 83.5 Å². The number of aliphatic hydroxyl groups is 1. The van der Waals surface area contributed by atoms with Crippen LogP contribution >= 0.6 is 0 Å². The van der Waals surface area contributed by atoms with E-state index in [1.54, 1.807) is 0 Å². The minimum Gasteiger partial charge on any atom is -0.462 e. The van der Waals surface area contributed by atoms with Gasteiger partial charge in [0.1, 0.15) is 6.61 Å². The van der Waals surface area contributed by atoms with E-state index in [1.165, 1.54) is 51.4 Å². The maximum atomic E-state index is 12.1. The molecule has 0 saturated carbocycles. The van der Waals surface area contributed by atoms with E-state index in [0.29, 0.717) is 12.8 Å². The molecule has 0 aliphatic rings. The average Bonchev–Trinajstić information content (AvgIpc) is 3.04. The maximum absolute atomic E-state index is 12.1. The summed E-state index contributed by atoms with van der Waals surface area (Å²) in [6.45, 7) is 3.93. The van der Waals surface area contributed by atoms with Gasteiger partial charge in [-0.05, 0) is 70.6 Å². The van der Waals surface area contributed by atoms with Gasteiger partial charge in [0, 0.05) is 12.8 Å². The molecule has 5 nitrogen and oxygen atoms in total. The molecule has 1 N–H and O–H groups in total. The van der Waals surface area contributed by atoms with Crippen molar-refractivity contribution in [1.29, 1.82) is 0 Å². The lowest BCUT2D eigenvalue weighted by Gasteiger charge is -2.15. The van der Waals surface area contributed by atoms with Crippen molar-refractivity contribution in [2.24, 2.45) is 0 Å². The lowest BCUT2D eigenvalue weighted by Crippen LogP contribution is -2.28. The number of ether oxygens (including phenoxy) is 2. The number of rotatable bonds is 32. The van der Waals surface area contributed by atoms with Gasteiger partial charge in [0.05, 0.1) is 6.61 Å². The van der Waals surface area contributed by atoms with Crippen molar-refractivity contribution in [1.82, 2.24) is 0 Å². The smallest absolute Gasteiger partial charge is 0.306 e. The van der Waals surface area contributed by atoms with Crippen molar-refractivity contribution in [3.8, 4) is 0 Å². The van der Waals surface area contributed by atoms with Gasteiger partial charge >= 0.3 is 11.9 Å². The molecule has 0 aromatic carbocycles. The number of aliphatic hydroxyl groups excluding tert-OH is 1. The fraction of sp³-hybridized carbons (Fsp3) is 0.700. The van der Waals surface area contributed by atoms with Crippen LogP contribution in [0.4, 0.5) is 0 Å². The van der Waals surface area contributed by atoms with Crippen molar-refractivity contribution in [2.45, 2.75) is 168 Å². The first-order valence-corrected chi connectivity index (χ1v) is 18.3. The topological polar surface area (TPSA) is 72.8 Å². The molecular formula is C40H68O5. The van der Waals surface area contributed by atoms with Crippen LogP contribution in [0.3, 0.4) is 0 Å². The fourth-order valence-corrected chi connectivity index (χ4v) is 4.78. The van der Waals surface area contributed by atoms with Crippen LogP contribution in [0.25, 0.3) is 0 Å². The molecule has 0 aromatic heterocycles. The highest BCUT2D eigenvalue weighted by molar-refractivity contribution is 5.70. The van der Waals surface area contributed by atoms with Crippen LogP contribution in [0.5, 0.6) is 0 Å². The summed E-state index contributed by atoms with van der Waals surface area (Å²) in [6, 6.07) is 0. The Labute approximate surface area is 277 Å². The van der Waals surface area contributed by atoms with Crippen LogP contribution < -0.4 is 0 Å². The molecule has 258 valence electrons. The molecule has 0 spiro atoms. The second-order valence-corrected chi connectivity index (χ2v) is 11.9. The summed E-state index contributed by atoms with van der Waals surface area (Å²) in [4.78, 5) is 24.1. The van der Waals surface area contributed by atoms with Gasteiger partial charge in [-0.3, -0.25) is 9.59 Å². The highest BCUT2D eigenvalue weighted by Crippen LogP contribution is 2.12. The molecule has 1 unspecified atom stereocenters. The van der Waals surface area contributed by atoms with E-state index in [1.807, 2.05) is 0 Å². The molecule has 0 heterocycles. The Kier molecular flexibility index (Phi) is 34.1. The third-order valence-electron chi connectivity index (χ3n) is 7.53. The highest BCUT2D eigenvalue weighted by atomic mass is 16.6. The average molecular weight is 629 g/mol. The molecule has 0 aliphatic carbocycles. The van der Waals surface area contributed by atoms with E-state index in [9.17, 15) is 14.7 Å². The van der Waals surface area contributed by atoms with Crippen molar-refractivity contribution in [3.05, 3.63) is 60.8 Å². The van der Waals surface area contributed by atoms with Crippen LogP contribution in [0.15, 0.2) is 60.8 Å². The second kappa shape index (κ2) is 36.1. The van der Waals surface area contributed by atoms with Gasteiger partial charge in [0.25, 0.3) is 0 Å². The normalized spacial score (nSPS) is 12.9. The molecule has 1 atom stereocenters. The largest absolute Gasteiger partial charge is 0.462 e. The van der Waals surface area contributed by atoms with Crippen molar-refractivity contribution < 1.29 is 24.2 Å². The first-order valence-electron chi connectivity index (χ1n) is 18.3. The van der Waals surface area contributed by atoms with Gasteiger partial charge in [0.2, 0.25) is 0 Å². The van der Waals surface area contributed by atoms with Crippen LogP contribution in [-0.4, -0.2) is 36.4 Å². The molecule has 0 amide bonds. The Hall–Kier alpha value is -2.40. The highest BCUT2D eigenvalue weighted by Gasteiger charge is 2.16. The van der Waals surface area contributed by atoms with Crippen LogP contribution in [-0.2, 0) is 19.1 Å². The van der Waals surface area contributed by atoms with Gasteiger partial charge in [-0.15, -0.1) is 0 Å². The standard InChI is InChI=1S/C40H68O5/c1-3-5-7-9-11-13-15-16-17-18-19-20-21-22-23-24-25-27-29-31-33-35-40(43)45-38(36-41)37-44-39(42)34-32-30-28-26-14-12-10-8-6-4-2/h5,7-8,10-11,13,16-17,19-20,38,41H,3-4,6,9,12,14-15,18,21-37H2,1-2H3/b7-5-,10-8-,13-11-,17-16-,20-19-. The third kappa shape index (κ3) is 34.3. The molecule has 0 aliphatic heterocycles. The monoisotopic (exact) mass is 629 g/mol. The molecule has 45 heavy (non-hydrogen) atoms. The Morgan fingerprint density at radius 3 is 1.47 bits per heavy atom. The second-order valence-electron chi connectivity index (χ2n) is 11.9. The maximum Gasteiger partial charge on any atom is 0.306 e. The predicted octanol–water partition coefficient (Wildman–Crippen LogP) is 11.2. The number of allylic oxidation sites excluding steroid dienone is 10. The fourth-order valence-electron chi connectivity index (χ4n) is 4.78. The minimum atomic E-state index is -0.779. The lowest BCUT2D eigenvalue weighted by atomic mass is 10.1. The van der Waals surface area contributed by atoms with Crippen LogP contribution in [0, 0.1) is 0 Å². The van der Waals surface area contributed by atoms with E-state index < -0.39 is 6.10 Å². The Morgan fingerprint density at radius 1 is 0.533 bits per heavy atom. The van der Waals surface area contributed by atoms with E-state index in [-0.39, 0.29) is 25.2 Å². The predicted molar refractivity (Wildman–Crippen MR) is 191 cm³/mol. The van der Waals surface area contributed by atoms with Gasteiger partial charge in [-0.1, -0.05) is 139 Å². The summed E-state index contributed by atoms with van der Waals surface area (Å²) >= 11 is 0. The zero-order valence-corrected chi connectivity index (χ0v) is 29.1. The van der Waals surface area contributed by atoms with Gasteiger partial charge in [-0.25, -0.2) is 0 Å². The van der Waals surface area contributed by atoms with Crippen LogP contribution in [0.1, 0.15) is 162 Å². The Bertz CT molecular complexity index is 808. The van der Waals surface area contributed by atoms with Gasteiger partial charge < -0.3 is 14.6 Å². The zero-order chi connectivity index (χ0) is 32.9. The summed E-state index contributed by atoms with van der Waals surface area (Å²) in [5, 5.41) is 9.52. The number of carbonyl (C=O) groups is 2. The molecule has 0 bridgehead atoms. The van der Waals surface area contributed by atoms with Gasteiger partial charge in [-0.2, -0.15) is 0 Å². The van der Waals surface area contributed by atoms with E-state index in [2.05, 4.69) is 74.6 Å². The molecule has 0 rings (SSSR count). The summed E-state index contributed by atoms with van der Waals surface area (Å²) in [5.74, 6) is -0.618. The summed E-state index contributed by atoms with van der Waals surface area (Å²) < 4.78 is 10.5. The zero-order valence-electron chi connectivity index (χ0n) is 29.1. The van der Waals surface area contributed by atoms with Gasteiger partial charge in [0.15, 0.2) is 6.10 Å². The van der Waals surface area contributed by atoms with Crippen molar-refractivity contribution in [2.75, 3.05) is 13.2 Å². The number of esters is 2. The summed E-state index contributed by atoms with van der Waals surface area (Å²) in [7, 11) is 0. The molecule has 0 radical (unpaired) electrons. The number of hydrogen-bond donors (Lipinski definition) is 1. The third-order valence-corrected chi connectivity index (χ3v) is 7.53. The number of carbonyl (C=O) groups excluding carboxylic acids is 2. The quantitative estimate of drug-likeness (QED) is 0.0456. The number of unbranched alkanes of at least 4 members (excludes halogenated alkanes) is 14.